The molecule has 0 fully saturated rings. The van der Waals surface area contributed by atoms with E-state index >= 15 is 0 Å². The summed E-state index contributed by atoms with van der Waals surface area (Å²) in [5, 5.41) is 4.25. The van der Waals surface area contributed by atoms with Crippen molar-refractivity contribution in [3.63, 3.8) is 0 Å². The van der Waals surface area contributed by atoms with Gasteiger partial charge in [-0.1, -0.05) is 18.2 Å². The summed E-state index contributed by atoms with van der Waals surface area (Å²) in [6.07, 6.45) is 2.18. The number of nitrogens with zero attached hydrogens (tertiary/aromatic N) is 3. The van der Waals surface area contributed by atoms with Gasteiger partial charge in [-0.3, -0.25) is 0 Å². The van der Waals surface area contributed by atoms with Gasteiger partial charge in [-0.2, -0.15) is 5.10 Å². The molecule has 108 valence electrons. The number of aromatic nitrogens is 3. The minimum Gasteiger partial charge on any atom is -0.496 e. The van der Waals surface area contributed by atoms with Crippen LogP contribution in [0.4, 0.5) is 0 Å². The van der Waals surface area contributed by atoms with E-state index in [1.165, 1.54) is 0 Å². The Labute approximate surface area is 119 Å². The molecule has 2 rings (SSSR count). The second-order valence-electron chi connectivity index (χ2n) is 5.51. The molecule has 1 aromatic carbocycles. The number of ether oxygens (including phenoxy) is 1. The molecule has 5 nitrogen and oxygen atoms in total. The molecule has 0 spiro atoms. The van der Waals surface area contributed by atoms with Crippen LogP contribution in [-0.2, 0) is 12.0 Å². The topological polar surface area (TPSA) is 66.0 Å². The van der Waals surface area contributed by atoms with Crippen molar-refractivity contribution in [3.8, 4) is 5.75 Å². The SMILES string of the molecule is COc1ccccc1C(C)(N)Cc1ncnn1C(C)C. The van der Waals surface area contributed by atoms with Gasteiger partial charge in [0.25, 0.3) is 0 Å². The highest BCUT2D eigenvalue weighted by atomic mass is 16.5. The molecule has 0 saturated carbocycles. The van der Waals surface area contributed by atoms with Gasteiger partial charge in [0.05, 0.1) is 7.11 Å². The standard InChI is InChI=1S/C15H22N4O/c1-11(2)19-14(17-10-18-19)9-15(3,16)12-7-5-6-8-13(12)20-4/h5-8,10-11H,9,16H2,1-4H3. The first kappa shape index (κ1) is 14.5. The summed E-state index contributed by atoms with van der Waals surface area (Å²) >= 11 is 0. The van der Waals surface area contributed by atoms with Crippen LogP contribution in [0.15, 0.2) is 30.6 Å². The Bertz CT molecular complexity index is 575. The van der Waals surface area contributed by atoms with E-state index in [2.05, 4.69) is 23.9 Å². The Balaban J connectivity index is 2.33. The van der Waals surface area contributed by atoms with Crippen LogP contribution in [0.1, 0.15) is 38.2 Å². The smallest absolute Gasteiger partial charge is 0.138 e. The van der Waals surface area contributed by atoms with Gasteiger partial charge in [-0.05, 0) is 26.8 Å². The van der Waals surface area contributed by atoms with Crippen LogP contribution in [0, 0.1) is 0 Å². The van der Waals surface area contributed by atoms with Gasteiger partial charge in [-0.25, -0.2) is 9.67 Å². The van der Waals surface area contributed by atoms with Crippen LogP contribution in [0.5, 0.6) is 5.75 Å². The summed E-state index contributed by atoms with van der Waals surface area (Å²) < 4.78 is 7.31. The van der Waals surface area contributed by atoms with E-state index in [-0.39, 0.29) is 6.04 Å². The third-order valence-electron chi connectivity index (χ3n) is 3.38. The first-order valence-electron chi connectivity index (χ1n) is 6.76. The molecule has 0 aliphatic heterocycles. The highest BCUT2D eigenvalue weighted by Crippen LogP contribution is 2.30. The Kier molecular flexibility index (Phi) is 4.09. The largest absolute Gasteiger partial charge is 0.496 e. The third kappa shape index (κ3) is 2.82. The van der Waals surface area contributed by atoms with Crippen molar-refractivity contribution in [1.29, 1.82) is 0 Å². The second-order valence-corrected chi connectivity index (χ2v) is 5.51. The predicted molar refractivity (Wildman–Crippen MR) is 78.6 cm³/mol. The molecule has 1 aromatic heterocycles. The lowest BCUT2D eigenvalue weighted by atomic mass is 9.88. The van der Waals surface area contributed by atoms with Crippen LogP contribution in [-0.4, -0.2) is 21.9 Å². The van der Waals surface area contributed by atoms with Crippen molar-refractivity contribution in [2.75, 3.05) is 7.11 Å². The van der Waals surface area contributed by atoms with Crippen LogP contribution in [0.25, 0.3) is 0 Å². The first-order chi connectivity index (χ1) is 9.45. The summed E-state index contributed by atoms with van der Waals surface area (Å²) in [6, 6.07) is 8.09. The second kappa shape index (κ2) is 5.63. The zero-order valence-corrected chi connectivity index (χ0v) is 12.5. The molecular weight excluding hydrogens is 252 g/mol. The van der Waals surface area contributed by atoms with Crippen LogP contribution >= 0.6 is 0 Å². The van der Waals surface area contributed by atoms with Gasteiger partial charge in [0.2, 0.25) is 0 Å². The average molecular weight is 274 g/mol. The summed E-state index contributed by atoms with van der Waals surface area (Å²) in [7, 11) is 1.66. The fourth-order valence-corrected chi connectivity index (χ4v) is 2.37. The van der Waals surface area contributed by atoms with E-state index in [1.807, 2.05) is 35.9 Å². The van der Waals surface area contributed by atoms with Crippen molar-refractivity contribution >= 4 is 0 Å². The van der Waals surface area contributed by atoms with Gasteiger partial charge < -0.3 is 10.5 Å². The monoisotopic (exact) mass is 274 g/mol. The van der Waals surface area contributed by atoms with Crippen molar-refractivity contribution in [2.24, 2.45) is 5.73 Å². The number of hydrogen-bond donors (Lipinski definition) is 1. The zero-order valence-electron chi connectivity index (χ0n) is 12.5. The molecule has 0 amide bonds. The number of para-hydroxylation sites is 1. The van der Waals surface area contributed by atoms with E-state index in [4.69, 9.17) is 10.5 Å². The Morgan fingerprint density at radius 1 is 1.35 bits per heavy atom. The van der Waals surface area contributed by atoms with Crippen molar-refractivity contribution in [3.05, 3.63) is 42.0 Å². The average Bonchev–Trinajstić information content (AvgIpc) is 2.86. The van der Waals surface area contributed by atoms with Gasteiger partial charge in [0.15, 0.2) is 0 Å². The maximum Gasteiger partial charge on any atom is 0.138 e. The fourth-order valence-electron chi connectivity index (χ4n) is 2.37. The zero-order chi connectivity index (χ0) is 14.8. The number of benzene rings is 1. The van der Waals surface area contributed by atoms with E-state index < -0.39 is 5.54 Å². The number of hydrogen-bond acceptors (Lipinski definition) is 4. The van der Waals surface area contributed by atoms with Crippen molar-refractivity contribution < 1.29 is 4.74 Å². The number of rotatable bonds is 5. The first-order valence-corrected chi connectivity index (χ1v) is 6.76. The van der Waals surface area contributed by atoms with E-state index in [1.54, 1.807) is 13.4 Å². The maximum atomic E-state index is 6.51. The Morgan fingerprint density at radius 2 is 2.05 bits per heavy atom. The molecule has 20 heavy (non-hydrogen) atoms. The normalized spacial score (nSPS) is 14.3. The maximum absolute atomic E-state index is 6.51. The molecule has 0 aliphatic carbocycles. The minimum absolute atomic E-state index is 0.265. The Morgan fingerprint density at radius 3 is 2.70 bits per heavy atom. The summed E-state index contributed by atoms with van der Waals surface area (Å²) in [6.45, 7) is 6.15. The fraction of sp³-hybridized carbons (Fsp3) is 0.467. The molecule has 5 heteroatoms. The van der Waals surface area contributed by atoms with E-state index in [9.17, 15) is 0 Å². The van der Waals surface area contributed by atoms with Crippen LogP contribution in [0.3, 0.4) is 0 Å². The molecule has 0 aliphatic rings. The van der Waals surface area contributed by atoms with Gasteiger partial charge >= 0.3 is 0 Å². The molecule has 1 atom stereocenters. The number of nitrogens with two attached hydrogens (primary N) is 1. The molecule has 1 unspecified atom stereocenters. The van der Waals surface area contributed by atoms with Gasteiger partial charge in [-0.15, -0.1) is 0 Å². The van der Waals surface area contributed by atoms with Crippen molar-refractivity contribution in [1.82, 2.24) is 14.8 Å². The Hall–Kier alpha value is -1.88. The summed E-state index contributed by atoms with van der Waals surface area (Å²) in [4.78, 5) is 4.33. The molecule has 0 radical (unpaired) electrons. The minimum atomic E-state index is -0.563. The molecule has 0 saturated heterocycles. The van der Waals surface area contributed by atoms with Crippen molar-refractivity contribution in [2.45, 2.75) is 38.8 Å². The number of methoxy groups -OCH3 is 1. The highest BCUT2D eigenvalue weighted by molar-refractivity contribution is 5.39. The lowest BCUT2D eigenvalue weighted by molar-refractivity contribution is 0.378. The molecule has 1 heterocycles. The lowest BCUT2D eigenvalue weighted by Crippen LogP contribution is -2.37. The lowest BCUT2D eigenvalue weighted by Gasteiger charge is -2.27. The molecule has 0 bridgehead atoms. The predicted octanol–water partition coefficient (Wildman–Crippen LogP) is 2.28. The van der Waals surface area contributed by atoms with E-state index in [0.717, 1.165) is 17.1 Å². The van der Waals surface area contributed by atoms with E-state index in [0.29, 0.717) is 6.42 Å². The van der Waals surface area contributed by atoms with Gasteiger partial charge in [0, 0.05) is 23.6 Å². The van der Waals surface area contributed by atoms with Crippen LogP contribution in [0.2, 0.25) is 0 Å². The quantitative estimate of drug-likeness (QED) is 0.908. The molecule has 2 N–H and O–H groups in total. The molecule has 2 aromatic rings. The third-order valence-corrected chi connectivity index (χ3v) is 3.38. The summed E-state index contributed by atoms with van der Waals surface area (Å²) in [5.74, 6) is 1.68. The highest BCUT2D eigenvalue weighted by Gasteiger charge is 2.27. The van der Waals surface area contributed by atoms with Crippen LogP contribution < -0.4 is 10.5 Å². The summed E-state index contributed by atoms with van der Waals surface area (Å²) in [5.41, 5.74) is 6.92. The molecular formula is C15H22N4O. The van der Waals surface area contributed by atoms with Gasteiger partial charge in [0.1, 0.15) is 17.9 Å².